The van der Waals surface area contributed by atoms with Crippen molar-refractivity contribution in [2.45, 2.75) is 31.8 Å². The molecule has 6 heteroatoms. The van der Waals surface area contributed by atoms with Gasteiger partial charge in [0.15, 0.2) is 0 Å². The van der Waals surface area contributed by atoms with Gasteiger partial charge in [-0.15, -0.1) is 12.4 Å². The van der Waals surface area contributed by atoms with E-state index in [2.05, 4.69) is 5.32 Å². The van der Waals surface area contributed by atoms with Crippen molar-refractivity contribution in [2.75, 3.05) is 6.54 Å². The Balaban J connectivity index is 0.00000196. The van der Waals surface area contributed by atoms with Gasteiger partial charge in [0, 0.05) is 22.9 Å². The van der Waals surface area contributed by atoms with Gasteiger partial charge in [-0.3, -0.25) is 4.79 Å². The largest absolute Gasteiger partial charge is 0.312 e. The highest BCUT2D eigenvalue weighted by Gasteiger charge is 2.18. The van der Waals surface area contributed by atoms with Gasteiger partial charge in [0.1, 0.15) is 0 Å². The lowest BCUT2D eigenvalue weighted by Gasteiger charge is -2.15. The predicted octanol–water partition coefficient (Wildman–Crippen LogP) is 3.81. The highest BCUT2D eigenvalue weighted by molar-refractivity contribution is 6.30. The molecule has 0 unspecified atom stereocenters. The first-order valence-corrected chi connectivity index (χ1v) is 9.05. The molecule has 26 heavy (non-hydrogen) atoms. The Kier molecular flexibility index (Phi) is 5.97. The predicted molar refractivity (Wildman–Crippen MR) is 109 cm³/mol. The standard InChI is InChI=1S/C20H20ClN3O.ClH/c21-15-9-7-14(8-10-15)12-19-17-5-1-2-6-18(17)20(25)24(23-19)13-16-4-3-11-22-16;/h1-2,5-10,16,22H,3-4,11-13H2;1H/t16-;/m1./s1. The molecule has 0 saturated carbocycles. The quantitative estimate of drug-likeness (QED) is 0.737. The Morgan fingerprint density at radius 1 is 1.12 bits per heavy atom. The molecule has 1 saturated heterocycles. The zero-order chi connectivity index (χ0) is 17.2. The molecule has 0 spiro atoms. The van der Waals surface area contributed by atoms with Gasteiger partial charge in [-0.25, -0.2) is 4.68 Å². The molecule has 1 aromatic heterocycles. The fourth-order valence-corrected chi connectivity index (χ4v) is 3.60. The number of nitrogens with one attached hydrogen (secondary N) is 1. The molecular weight excluding hydrogens is 369 g/mol. The van der Waals surface area contributed by atoms with E-state index in [-0.39, 0.29) is 18.0 Å². The second-order valence-electron chi connectivity index (χ2n) is 6.58. The molecule has 0 radical (unpaired) electrons. The van der Waals surface area contributed by atoms with Crippen LogP contribution in [-0.2, 0) is 13.0 Å². The molecule has 1 atom stereocenters. The number of benzene rings is 2. The molecule has 2 heterocycles. The Hall–Kier alpha value is -1.88. The minimum Gasteiger partial charge on any atom is -0.312 e. The maximum absolute atomic E-state index is 12.8. The minimum absolute atomic E-state index is 0. The molecule has 3 aromatic rings. The van der Waals surface area contributed by atoms with Gasteiger partial charge in [0.25, 0.3) is 5.56 Å². The minimum atomic E-state index is -0.0100. The van der Waals surface area contributed by atoms with Crippen molar-refractivity contribution in [1.29, 1.82) is 0 Å². The summed E-state index contributed by atoms with van der Waals surface area (Å²) in [6, 6.07) is 15.9. The molecule has 1 aliphatic heterocycles. The van der Waals surface area contributed by atoms with E-state index < -0.39 is 0 Å². The highest BCUT2D eigenvalue weighted by Crippen LogP contribution is 2.19. The number of hydrogen-bond donors (Lipinski definition) is 1. The lowest BCUT2D eigenvalue weighted by molar-refractivity contribution is 0.458. The van der Waals surface area contributed by atoms with Crippen LogP contribution < -0.4 is 10.9 Å². The summed E-state index contributed by atoms with van der Waals surface area (Å²) in [6.45, 7) is 1.64. The van der Waals surface area contributed by atoms with Crippen molar-refractivity contribution in [3.8, 4) is 0 Å². The number of rotatable bonds is 4. The third kappa shape index (κ3) is 3.93. The summed E-state index contributed by atoms with van der Waals surface area (Å²) in [5.74, 6) is 0. The summed E-state index contributed by atoms with van der Waals surface area (Å²) in [5, 5.41) is 10.5. The first kappa shape index (κ1) is 18.9. The van der Waals surface area contributed by atoms with Gasteiger partial charge in [0.05, 0.1) is 17.6 Å². The van der Waals surface area contributed by atoms with E-state index in [0.717, 1.165) is 46.4 Å². The van der Waals surface area contributed by atoms with Crippen LogP contribution in [0.4, 0.5) is 0 Å². The fourth-order valence-electron chi connectivity index (χ4n) is 3.48. The maximum Gasteiger partial charge on any atom is 0.274 e. The molecule has 2 aromatic carbocycles. The summed E-state index contributed by atoms with van der Waals surface area (Å²) in [5.41, 5.74) is 2.05. The lowest BCUT2D eigenvalue weighted by atomic mass is 10.0. The van der Waals surface area contributed by atoms with Gasteiger partial charge < -0.3 is 5.32 Å². The van der Waals surface area contributed by atoms with Crippen LogP contribution in [0.2, 0.25) is 5.02 Å². The molecule has 1 aliphatic rings. The normalized spacial score (nSPS) is 16.6. The Bertz CT molecular complexity index is 947. The molecule has 136 valence electrons. The van der Waals surface area contributed by atoms with Crippen molar-refractivity contribution >= 4 is 34.8 Å². The number of halogens is 2. The monoisotopic (exact) mass is 389 g/mol. The molecular formula is C20H21Cl2N3O. The van der Waals surface area contributed by atoms with Crippen LogP contribution in [0.5, 0.6) is 0 Å². The number of aromatic nitrogens is 2. The Morgan fingerprint density at radius 3 is 2.54 bits per heavy atom. The van der Waals surface area contributed by atoms with Crippen LogP contribution in [0, 0.1) is 0 Å². The summed E-state index contributed by atoms with van der Waals surface area (Å²) < 4.78 is 1.64. The number of nitrogens with zero attached hydrogens (tertiary/aromatic N) is 2. The van der Waals surface area contributed by atoms with Gasteiger partial charge in [-0.05, 0) is 43.1 Å². The SMILES string of the molecule is Cl.O=c1c2ccccc2c(Cc2ccc(Cl)cc2)nn1C[C@H]1CCCN1. The third-order valence-electron chi connectivity index (χ3n) is 4.78. The van der Waals surface area contributed by atoms with Crippen molar-refractivity contribution in [3.05, 3.63) is 75.2 Å². The second kappa shape index (κ2) is 8.21. The first-order valence-electron chi connectivity index (χ1n) is 8.67. The molecule has 0 bridgehead atoms. The van der Waals surface area contributed by atoms with Gasteiger partial charge in [-0.1, -0.05) is 41.9 Å². The van der Waals surface area contributed by atoms with Crippen LogP contribution in [-0.4, -0.2) is 22.4 Å². The zero-order valence-corrected chi connectivity index (χ0v) is 15.9. The Labute approximate surface area is 163 Å². The van der Waals surface area contributed by atoms with E-state index >= 15 is 0 Å². The van der Waals surface area contributed by atoms with Crippen LogP contribution in [0.3, 0.4) is 0 Å². The summed E-state index contributed by atoms with van der Waals surface area (Å²) in [7, 11) is 0. The van der Waals surface area contributed by atoms with Crippen LogP contribution in [0.15, 0.2) is 53.3 Å². The average Bonchev–Trinajstić information content (AvgIpc) is 3.14. The van der Waals surface area contributed by atoms with Crippen LogP contribution >= 0.6 is 24.0 Å². The molecule has 1 N–H and O–H groups in total. The van der Waals surface area contributed by atoms with E-state index in [0.29, 0.717) is 19.0 Å². The molecule has 4 nitrogen and oxygen atoms in total. The fraction of sp³-hybridized carbons (Fsp3) is 0.300. The molecule has 1 fully saturated rings. The van der Waals surface area contributed by atoms with Gasteiger partial charge in [0.2, 0.25) is 0 Å². The lowest BCUT2D eigenvalue weighted by Crippen LogP contribution is -2.34. The second-order valence-corrected chi connectivity index (χ2v) is 7.01. The number of fused-ring (bicyclic) bond motifs is 1. The highest BCUT2D eigenvalue weighted by atomic mass is 35.5. The van der Waals surface area contributed by atoms with Crippen molar-refractivity contribution < 1.29 is 0 Å². The first-order chi connectivity index (χ1) is 12.2. The van der Waals surface area contributed by atoms with E-state index in [1.807, 2.05) is 48.5 Å². The van der Waals surface area contributed by atoms with Gasteiger partial charge >= 0.3 is 0 Å². The third-order valence-corrected chi connectivity index (χ3v) is 5.04. The van der Waals surface area contributed by atoms with E-state index in [1.165, 1.54) is 0 Å². The van der Waals surface area contributed by atoms with Crippen molar-refractivity contribution in [2.24, 2.45) is 0 Å². The molecule has 4 rings (SSSR count). The van der Waals surface area contributed by atoms with E-state index in [9.17, 15) is 4.79 Å². The number of hydrogen-bond acceptors (Lipinski definition) is 3. The van der Waals surface area contributed by atoms with E-state index in [1.54, 1.807) is 4.68 Å². The smallest absolute Gasteiger partial charge is 0.274 e. The maximum atomic E-state index is 12.8. The van der Waals surface area contributed by atoms with Crippen LogP contribution in [0.25, 0.3) is 10.8 Å². The zero-order valence-electron chi connectivity index (χ0n) is 14.3. The van der Waals surface area contributed by atoms with E-state index in [4.69, 9.17) is 16.7 Å². The molecule has 0 amide bonds. The van der Waals surface area contributed by atoms with Crippen LogP contribution in [0.1, 0.15) is 24.1 Å². The topological polar surface area (TPSA) is 46.9 Å². The summed E-state index contributed by atoms with van der Waals surface area (Å²) in [4.78, 5) is 12.8. The molecule has 0 aliphatic carbocycles. The Morgan fingerprint density at radius 2 is 1.85 bits per heavy atom. The average molecular weight is 390 g/mol. The van der Waals surface area contributed by atoms with Gasteiger partial charge in [-0.2, -0.15) is 5.10 Å². The van der Waals surface area contributed by atoms with Crippen molar-refractivity contribution in [1.82, 2.24) is 15.1 Å². The summed E-state index contributed by atoms with van der Waals surface area (Å²) >= 11 is 5.98. The van der Waals surface area contributed by atoms with Crippen molar-refractivity contribution in [3.63, 3.8) is 0 Å². The summed E-state index contributed by atoms with van der Waals surface area (Å²) in [6.07, 6.45) is 2.92.